The molecule has 1 aliphatic rings. The van der Waals surface area contributed by atoms with Gasteiger partial charge in [0.05, 0.1) is 0 Å². The summed E-state index contributed by atoms with van der Waals surface area (Å²) in [6.07, 6.45) is 0. The first-order valence-electron chi connectivity index (χ1n) is 6.15. The second-order valence-electron chi connectivity index (χ2n) is 4.67. The predicted molar refractivity (Wildman–Crippen MR) is 69.7 cm³/mol. The number of likely N-dealkylation sites (N-methyl/N-ethyl adjacent to an activating group) is 1. The highest BCUT2D eigenvalue weighted by molar-refractivity contribution is 5.56. The van der Waals surface area contributed by atoms with E-state index in [9.17, 15) is 4.39 Å². The van der Waals surface area contributed by atoms with Gasteiger partial charge in [-0.15, -0.1) is 0 Å². The van der Waals surface area contributed by atoms with Gasteiger partial charge in [-0.25, -0.2) is 4.39 Å². The van der Waals surface area contributed by atoms with E-state index in [0.29, 0.717) is 11.7 Å². The smallest absolute Gasteiger partial charge is 0.127 e. The quantitative estimate of drug-likeness (QED) is 0.798. The molecule has 0 radical (unpaired) electrons. The van der Waals surface area contributed by atoms with E-state index < -0.39 is 0 Å². The first-order valence-corrected chi connectivity index (χ1v) is 6.15. The van der Waals surface area contributed by atoms with Gasteiger partial charge in [0.2, 0.25) is 0 Å². The molecule has 0 aromatic heterocycles. The monoisotopic (exact) mass is 237 g/mol. The number of anilines is 2. The minimum Gasteiger partial charge on any atom is -0.399 e. The molecule has 1 aromatic rings. The highest BCUT2D eigenvalue weighted by Crippen LogP contribution is 2.22. The number of benzene rings is 1. The second-order valence-corrected chi connectivity index (χ2v) is 4.67. The lowest BCUT2D eigenvalue weighted by Gasteiger charge is -2.40. The number of rotatable bonds is 2. The van der Waals surface area contributed by atoms with Crippen molar-refractivity contribution >= 4 is 11.4 Å². The molecule has 17 heavy (non-hydrogen) atoms. The topological polar surface area (TPSA) is 32.5 Å². The fourth-order valence-electron chi connectivity index (χ4n) is 2.48. The molecule has 1 atom stereocenters. The van der Waals surface area contributed by atoms with Crippen LogP contribution in [0.15, 0.2) is 18.2 Å². The molecule has 0 spiro atoms. The van der Waals surface area contributed by atoms with Crippen molar-refractivity contribution in [1.29, 1.82) is 0 Å². The predicted octanol–water partition coefficient (Wildman–Crippen LogP) is 1.94. The fraction of sp³-hybridized carbons (Fsp3) is 0.538. The molecular weight excluding hydrogens is 217 g/mol. The van der Waals surface area contributed by atoms with Gasteiger partial charge in [-0.1, -0.05) is 6.92 Å². The Labute approximate surface area is 102 Å². The van der Waals surface area contributed by atoms with E-state index in [0.717, 1.165) is 31.9 Å². The normalized spacial score (nSPS) is 21.8. The summed E-state index contributed by atoms with van der Waals surface area (Å²) in [5.41, 5.74) is 7.06. The minimum atomic E-state index is -0.259. The lowest BCUT2D eigenvalue weighted by molar-refractivity contribution is 0.199. The maximum atomic E-state index is 13.3. The van der Waals surface area contributed by atoms with E-state index in [1.54, 1.807) is 6.07 Å². The lowest BCUT2D eigenvalue weighted by Crippen LogP contribution is -2.51. The summed E-state index contributed by atoms with van der Waals surface area (Å²) >= 11 is 0. The Kier molecular flexibility index (Phi) is 3.52. The van der Waals surface area contributed by atoms with Crippen molar-refractivity contribution in [2.75, 3.05) is 36.8 Å². The van der Waals surface area contributed by atoms with Gasteiger partial charge in [-0.05, 0) is 31.7 Å². The molecular formula is C13H20FN3. The molecule has 94 valence electrons. The van der Waals surface area contributed by atoms with Crippen LogP contribution in [0.1, 0.15) is 13.8 Å². The zero-order valence-corrected chi connectivity index (χ0v) is 10.5. The lowest BCUT2D eigenvalue weighted by atomic mass is 10.1. The summed E-state index contributed by atoms with van der Waals surface area (Å²) in [5, 5.41) is 0. The van der Waals surface area contributed by atoms with Crippen LogP contribution in [-0.2, 0) is 0 Å². The number of nitrogen functional groups attached to an aromatic ring is 1. The Balaban J connectivity index is 2.13. The molecule has 1 aliphatic heterocycles. The van der Waals surface area contributed by atoms with Crippen LogP contribution in [0, 0.1) is 5.82 Å². The maximum Gasteiger partial charge on any atom is 0.127 e. The molecule has 1 saturated heterocycles. The summed E-state index contributed by atoms with van der Waals surface area (Å²) in [4.78, 5) is 4.63. The number of hydrogen-bond acceptors (Lipinski definition) is 3. The van der Waals surface area contributed by atoms with Crippen molar-refractivity contribution in [2.24, 2.45) is 0 Å². The van der Waals surface area contributed by atoms with Gasteiger partial charge < -0.3 is 10.6 Å². The summed E-state index contributed by atoms with van der Waals surface area (Å²) in [6.45, 7) is 8.33. The second kappa shape index (κ2) is 4.92. The number of halogens is 1. The van der Waals surface area contributed by atoms with Crippen molar-refractivity contribution in [3.8, 4) is 0 Å². The van der Waals surface area contributed by atoms with E-state index in [1.807, 2.05) is 6.07 Å². The largest absolute Gasteiger partial charge is 0.399 e. The summed E-state index contributed by atoms with van der Waals surface area (Å²) in [5.74, 6) is -0.259. The minimum absolute atomic E-state index is 0.259. The Morgan fingerprint density at radius 2 is 2.12 bits per heavy atom. The third-order valence-electron chi connectivity index (χ3n) is 3.44. The molecule has 1 heterocycles. The van der Waals surface area contributed by atoms with E-state index in [-0.39, 0.29) is 5.82 Å². The van der Waals surface area contributed by atoms with E-state index >= 15 is 0 Å². The van der Waals surface area contributed by atoms with E-state index in [2.05, 4.69) is 23.6 Å². The van der Waals surface area contributed by atoms with E-state index in [4.69, 9.17) is 5.73 Å². The molecule has 0 aliphatic carbocycles. The van der Waals surface area contributed by atoms with Crippen molar-refractivity contribution < 1.29 is 4.39 Å². The number of nitrogens with zero attached hydrogens (tertiary/aromatic N) is 2. The van der Waals surface area contributed by atoms with Crippen LogP contribution >= 0.6 is 0 Å². The van der Waals surface area contributed by atoms with Gasteiger partial charge in [-0.2, -0.15) is 0 Å². The van der Waals surface area contributed by atoms with Crippen LogP contribution in [0.4, 0.5) is 15.8 Å². The van der Waals surface area contributed by atoms with Gasteiger partial charge >= 0.3 is 0 Å². The standard InChI is InChI=1S/C13H20FN3/c1-3-16-4-5-17(9-10(16)2)13-7-11(14)6-12(15)8-13/h6-8,10H,3-5,9,15H2,1-2H3. The highest BCUT2D eigenvalue weighted by Gasteiger charge is 2.22. The average Bonchev–Trinajstić information content (AvgIpc) is 2.27. The van der Waals surface area contributed by atoms with Crippen LogP contribution in [0.3, 0.4) is 0 Å². The van der Waals surface area contributed by atoms with Crippen LogP contribution in [0.25, 0.3) is 0 Å². The fourth-order valence-corrected chi connectivity index (χ4v) is 2.48. The molecule has 0 saturated carbocycles. The molecule has 1 unspecified atom stereocenters. The van der Waals surface area contributed by atoms with Gasteiger partial charge in [0, 0.05) is 37.1 Å². The first kappa shape index (κ1) is 12.2. The Morgan fingerprint density at radius 3 is 2.71 bits per heavy atom. The molecule has 1 aromatic carbocycles. The van der Waals surface area contributed by atoms with Crippen LogP contribution < -0.4 is 10.6 Å². The zero-order chi connectivity index (χ0) is 12.4. The van der Waals surface area contributed by atoms with E-state index in [1.165, 1.54) is 6.07 Å². The van der Waals surface area contributed by atoms with Crippen LogP contribution in [-0.4, -0.2) is 37.1 Å². The van der Waals surface area contributed by atoms with Crippen molar-refractivity contribution in [1.82, 2.24) is 4.90 Å². The molecule has 3 nitrogen and oxygen atoms in total. The van der Waals surface area contributed by atoms with Crippen molar-refractivity contribution in [3.05, 3.63) is 24.0 Å². The molecule has 4 heteroatoms. The van der Waals surface area contributed by atoms with Gasteiger partial charge in [0.1, 0.15) is 5.82 Å². The maximum absolute atomic E-state index is 13.3. The Bertz CT molecular complexity index is 374. The summed E-state index contributed by atoms with van der Waals surface area (Å²) in [7, 11) is 0. The Hall–Kier alpha value is -1.29. The third-order valence-corrected chi connectivity index (χ3v) is 3.44. The third kappa shape index (κ3) is 2.69. The Morgan fingerprint density at radius 1 is 1.35 bits per heavy atom. The SMILES string of the molecule is CCN1CCN(c2cc(N)cc(F)c2)CC1C. The first-order chi connectivity index (χ1) is 8.10. The number of piperazine rings is 1. The van der Waals surface area contributed by atoms with Crippen LogP contribution in [0.5, 0.6) is 0 Å². The van der Waals surface area contributed by atoms with Gasteiger partial charge in [-0.3, -0.25) is 4.90 Å². The highest BCUT2D eigenvalue weighted by atomic mass is 19.1. The molecule has 0 amide bonds. The van der Waals surface area contributed by atoms with Crippen molar-refractivity contribution in [3.63, 3.8) is 0 Å². The molecule has 2 N–H and O–H groups in total. The van der Waals surface area contributed by atoms with Crippen LogP contribution in [0.2, 0.25) is 0 Å². The molecule has 0 bridgehead atoms. The zero-order valence-electron chi connectivity index (χ0n) is 10.5. The number of nitrogens with two attached hydrogens (primary N) is 1. The molecule has 1 fully saturated rings. The van der Waals surface area contributed by atoms with Crippen molar-refractivity contribution in [2.45, 2.75) is 19.9 Å². The van der Waals surface area contributed by atoms with Gasteiger partial charge in [0.25, 0.3) is 0 Å². The summed E-state index contributed by atoms with van der Waals surface area (Å²) < 4.78 is 13.3. The van der Waals surface area contributed by atoms with Gasteiger partial charge in [0.15, 0.2) is 0 Å². The summed E-state index contributed by atoms with van der Waals surface area (Å²) in [6, 6.07) is 5.26. The average molecular weight is 237 g/mol. The number of hydrogen-bond donors (Lipinski definition) is 1. The molecule has 2 rings (SSSR count).